The Bertz CT molecular complexity index is 418. The second-order valence-electron chi connectivity index (χ2n) is 3.50. The van der Waals surface area contributed by atoms with Gasteiger partial charge in [-0.3, -0.25) is 0 Å². The van der Waals surface area contributed by atoms with Crippen LogP contribution in [0.1, 0.15) is 17.2 Å². The van der Waals surface area contributed by atoms with Crippen molar-refractivity contribution in [1.82, 2.24) is 0 Å². The number of aliphatic hydroxyl groups excluding tert-OH is 1. The third-order valence-corrected chi connectivity index (χ3v) is 2.23. The highest BCUT2D eigenvalue weighted by Gasteiger charge is 2.49. The summed E-state index contributed by atoms with van der Waals surface area (Å²) in [5.41, 5.74) is -1.29. The van der Waals surface area contributed by atoms with Crippen molar-refractivity contribution < 1.29 is 31.4 Å². The summed E-state index contributed by atoms with van der Waals surface area (Å²) >= 11 is 0. The van der Waals surface area contributed by atoms with Gasteiger partial charge in [0.15, 0.2) is 6.10 Å². The Labute approximate surface area is 92.7 Å². The molecule has 1 nitrogen and oxygen atoms in total. The lowest BCUT2D eigenvalue weighted by Gasteiger charge is -2.22. The molecule has 17 heavy (non-hydrogen) atoms. The van der Waals surface area contributed by atoms with Gasteiger partial charge >= 0.3 is 12.3 Å². The fraction of sp³-hybridized carbons (Fsp3) is 0.400. The van der Waals surface area contributed by atoms with Gasteiger partial charge in [-0.25, -0.2) is 17.6 Å². The third kappa shape index (κ3) is 2.54. The van der Waals surface area contributed by atoms with E-state index in [-0.39, 0.29) is 11.6 Å². The normalized spacial score (nSPS) is 14.2. The number of aryl methyl sites for hydroxylation is 1. The van der Waals surface area contributed by atoms with E-state index in [4.69, 9.17) is 5.11 Å². The molecule has 1 N–H and O–H groups in total. The van der Waals surface area contributed by atoms with Crippen molar-refractivity contribution in [3.8, 4) is 0 Å². The molecule has 0 radical (unpaired) electrons. The van der Waals surface area contributed by atoms with Crippen molar-refractivity contribution in [1.29, 1.82) is 0 Å². The van der Waals surface area contributed by atoms with E-state index in [1.54, 1.807) is 0 Å². The third-order valence-electron chi connectivity index (χ3n) is 2.23. The van der Waals surface area contributed by atoms with Crippen LogP contribution in [0.4, 0.5) is 26.3 Å². The maximum Gasteiger partial charge on any atom is 0.336 e. The Hall–Kier alpha value is -1.24. The highest BCUT2D eigenvalue weighted by atomic mass is 19.3. The van der Waals surface area contributed by atoms with Gasteiger partial charge in [0.2, 0.25) is 0 Å². The van der Waals surface area contributed by atoms with Crippen molar-refractivity contribution in [3.63, 3.8) is 0 Å². The van der Waals surface area contributed by atoms with E-state index in [0.717, 1.165) is 6.92 Å². The first-order valence-corrected chi connectivity index (χ1v) is 4.47. The van der Waals surface area contributed by atoms with Gasteiger partial charge in [0, 0.05) is 11.6 Å². The molecule has 1 unspecified atom stereocenters. The van der Waals surface area contributed by atoms with Gasteiger partial charge in [-0.15, -0.1) is 0 Å². The SMILES string of the molecule is Cc1cc(C(O)C(F)(F)C(F)F)c(F)cc1F. The van der Waals surface area contributed by atoms with Crippen LogP contribution in [0.25, 0.3) is 0 Å². The van der Waals surface area contributed by atoms with E-state index in [1.807, 2.05) is 0 Å². The van der Waals surface area contributed by atoms with Crippen LogP contribution < -0.4 is 0 Å². The maximum atomic E-state index is 13.1. The van der Waals surface area contributed by atoms with Crippen molar-refractivity contribution in [2.45, 2.75) is 25.4 Å². The average molecular weight is 258 g/mol. The number of rotatable bonds is 3. The van der Waals surface area contributed by atoms with Crippen LogP contribution in [0.15, 0.2) is 12.1 Å². The number of benzene rings is 1. The van der Waals surface area contributed by atoms with E-state index in [0.29, 0.717) is 6.07 Å². The van der Waals surface area contributed by atoms with Crippen LogP contribution in [0.5, 0.6) is 0 Å². The highest BCUT2D eigenvalue weighted by Crippen LogP contribution is 2.37. The average Bonchev–Trinajstić information content (AvgIpc) is 2.22. The van der Waals surface area contributed by atoms with Gasteiger partial charge in [0.05, 0.1) is 0 Å². The number of alkyl halides is 4. The highest BCUT2D eigenvalue weighted by molar-refractivity contribution is 5.28. The zero-order valence-corrected chi connectivity index (χ0v) is 8.52. The molecule has 0 aromatic heterocycles. The summed E-state index contributed by atoms with van der Waals surface area (Å²) in [4.78, 5) is 0. The molecule has 0 heterocycles. The predicted molar refractivity (Wildman–Crippen MR) is 47.0 cm³/mol. The van der Waals surface area contributed by atoms with E-state index < -0.39 is 35.6 Å². The first-order valence-electron chi connectivity index (χ1n) is 4.47. The van der Waals surface area contributed by atoms with Crippen LogP contribution in [0.2, 0.25) is 0 Å². The van der Waals surface area contributed by atoms with Crippen molar-refractivity contribution in [3.05, 3.63) is 34.9 Å². The van der Waals surface area contributed by atoms with Gasteiger partial charge in [-0.1, -0.05) is 0 Å². The number of hydrogen-bond acceptors (Lipinski definition) is 1. The molecule has 7 heteroatoms. The minimum absolute atomic E-state index is 0.231. The Balaban J connectivity index is 3.21. The van der Waals surface area contributed by atoms with Crippen LogP contribution >= 0.6 is 0 Å². The zero-order chi connectivity index (χ0) is 13.4. The Morgan fingerprint density at radius 3 is 2.12 bits per heavy atom. The van der Waals surface area contributed by atoms with Gasteiger partial charge in [0.25, 0.3) is 0 Å². The molecule has 1 aromatic carbocycles. The molecule has 1 aromatic rings. The summed E-state index contributed by atoms with van der Waals surface area (Å²) in [5.74, 6) is -7.31. The summed E-state index contributed by atoms with van der Waals surface area (Å²) in [6.07, 6.45) is -7.18. The summed E-state index contributed by atoms with van der Waals surface area (Å²) in [6.45, 7) is 1.13. The molecular weight excluding hydrogens is 250 g/mol. The largest absolute Gasteiger partial charge is 0.382 e. The smallest absolute Gasteiger partial charge is 0.336 e. The lowest BCUT2D eigenvalue weighted by molar-refractivity contribution is -0.194. The lowest BCUT2D eigenvalue weighted by Crippen LogP contribution is -2.34. The number of aliphatic hydroxyl groups is 1. The molecule has 0 fully saturated rings. The Kier molecular flexibility index (Phi) is 3.71. The first kappa shape index (κ1) is 13.8. The van der Waals surface area contributed by atoms with Crippen LogP contribution in [-0.4, -0.2) is 17.5 Å². The molecule has 0 aliphatic carbocycles. The predicted octanol–water partition coefficient (Wildman–Crippen LogP) is 3.21. The molecule has 0 saturated heterocycles. The van der Waals surface area contributed by atoms with Gasteiger partial charge in [0.1, 0.15) is 11.6 Å². The fourth-order valence-corrected chi connectivity index (χ4v) is 1.22. The summed E-state index contributed by atoms with van der Waals surface area (Å²) in [7, 11) is 0. The minimum atomic E-state index is -4.80. The molecule has 0 aliphatic rings. The molecule has 0 spiro atoms. The van der Waals surface area contributed by atoms with Crippen LogP contribution in [0.3, 0.4) is 0 Å². The van der Waals surface area contributed by atoms with E-state index in [2.05, 4.69) is 0 Å². The van der Waals surface area contributed by atoms with Gasteiger partial charge in [-0.2, -0.15) is 8.78 Å². The first-order chi connectivity index (χ1) is 7.67. The maximum absolute atomic E-state index is 13.1. The molecular formula is C10H8F6O. The van der Waals surface area contributed by atoms with E-state index in [9.17, 15) is 26.3 Å². The van der Waals surface area contributed by atoms with Crippen LogP contribution in [0, 0.1) is 18.6 Å². The summed E-state index contributed by atoms with van der Waals surface area (Å²) in [5, 5.41) is 9.02. The van der Waals surface area contributed by atoms with E-state index in [1.165, 1.54) is 0 Å². The molecule has 1 atom stereocenters. The standard InChI is InChI=1S/C10H8F6O/c1-4-2-5(7(12)3-6(4)11)8(17)10(15,16)9(13)14/h2-3,8-9,17H,1H3. The Morgan fingerprint density at radius 1 is 1.12 bits per heavy atom. The quantitative estimate of drug-likeness (QED) is 0.825. The molecule has 96 valence electrons. The molecule has 0 saturated carbocycles. The van der Waals surface area contributed by atoms with Crippen molar-refractivity contribution in [2.24, 2.45) is 0 Å². The van der Waals surface area contributed by atoms with Crippen molar-refractivity contribution in [2.75, 3.05) is 0 Å². The van der Waals surface area contributed by atoms with Gasteiger partial charge in [-0.05, 0) is 18.6 Å². The lowest BCUT2D eigenvalue weighted by atomic mass is 10.0. The van der Waals surface area contributed by atoms with Gasteiger partial charge < -0.3 is 5.11 Å². The van der Waals surface area contributed by atoms with Crippen molar-refractivity contribution >= 4 is 0 Å². The second-order valence-corrected chi connectivity index (χ2v) is 3.50. The summed E-state index contributed by atoms with van der Waals surface area (Å²) < 4.78 is 75.4. The zero-order valence-electron chi connectivity index (χ0n) is 8.52. The molecule has 0 bridgehead atoms. The molecule has 0 aliphatic heterocycles. The number of halogens is 6. The Morgan fingerprint density at radius 2 is 1.65 bits per heavy atom. The fourth-order valence-electron chi connectivity index (χ4n) is 1.22. The van der Waals surface area contributed by atoms with Crippen LogP contribution in [-0.2, 0) is 0 Å². The second kappa shape index (κ2) is 4.56. The minimum Gasteiger partial charge on any atom is -0.382 e. The topological polar surface area (TPSA) is 20.2 Å². The van der Waals surface area contributed by atoms with E-state index >= 15 is 0 Å². The monoisotopic (exact) mass is 258 g/mol. The number of hydrogen-bond donors (Lipinski definition) is 1. The summed E-state index contributed by atoms with van der Waals surface area (Å²) in [6, 6.07) is 0.834. The molecule has 1 rings (SSSR count). The molecule has 0 amide bonds.